The molecule has 1 aliphatic rings. The van der Waals surface area contributed by atoms with Gasteiger partial charge in [-0.05, 0) is 47.2 Å². The van der Waals surface area contributed by atoms with Crippen LogP contribution in [-0.2, 0) is 17.9 Å². The maximum atomic E-state index is 13.0. The molecule has 0 saturated carbocycles. The molecule has 7 heteroatoms. The maximum absolute atomic E-state index is 13.0. The number of para-hydroxylation sites is 2. The number of hydrogen-bond acceptors (Lipinski definition) is 5. The maximum Gasteiger partial charge on any atom is 0.244 e. The Morgan fingerprint density at radius 2 is 1.69 bits per heavy atom. The van der Waals surface area contributed by atoms with Gasteiger partial charge in [0.25, 0.3) is 0 Å². The van der Waals surface area contributed by atoms with Crippen molar-refractivity contribution in [3.05, 3.63) is 90.8 Å². The zero-order valence-corrected chi connectivity index (χ0v) is 18.9. The lowest BCUT2D eigenvalue weighted by Gasteiger charge is -2.19. The number of imidazole rings is 1. The summed E-state index contributed by atoms with van der Waals surface area (Å²) in [5.41, 5.74) is 2.34. The Bertz CT molecular complexity index is 1540. The van der Waals surface area contributed by atoms with Crippen LogP contribution in [0.15, 0.2) is 84.9 Å². The van der Waals surface area contributed by atoms with Crippen LogP contribution in [0.4, 0.5) is 5.69 Å². The van der Waals surface area contributed by atoms with Crippen molar-refractivity contribution < 1.29 is 19.0 Å². The number of hydrogen-bond donors (Lipinski definition) is 1. The lowest BCUT2D eigenvalue weighted by atomic mass is 10.1. The highest BCUT2D eigenvalue weighted by Gasteiger charge is 2.16. The summed E-state index contributed by atoms with van der Waals surface area (Å²) in [5.74, 6) is 2.58. The second kappa shape index (κ2) is 9.02. The third-order valence-electron chi connectivity index (χ3n) is 5.95. The van der Waals surface area contributed by atoms with Gasteiger partial charge < -0.3 is 24.1 Å². The van der Waals surface area contributed by atoms with E-state index in [-0.39, 0.29) is 19.1 Å². The number of ether oxygens (including phenoxy) is 3. The zero-order chi connectivity index (χ0) is 23.6. The van der Waals surface area contributed by atoms with Gasteiger partial charge in [0.05, 0.1) is 11.0 Å². The van der Waals surface area contributed by atoms with Gasteiger partial charge in [0, 0.05) is 11.8 Å². The summed E-state index contributed by atoms with van der Waals surface area (Å²) in [6.45, 7) is 1.36. The Morgan fingerprint density at radius 3 is 2.60 bits per heavy atom. The molecule has 0 aliphatic carbocycles. The van der Waals surface area contributed by atoms with Gasteiger partial charge in [-0.3, -0.25) is 4.79 Å². The molecule has 1 aromatic heterocycles. The number of nitrogens with one attached hydrogen (secondary N) is 1. The van der Waals surface area contributed by atoms with Crippen LogP contribution in [0, 0.1) is 0 Å². The van der Waals surface area contributed by atoms with Crippen molar-refractivity contribution >= 4 is 33.4 Å². The molecule has 4 aromatic carbocycles. The highest BCUT2D eigenvalue weighted by atomic mass is 16.6. The van der Waals surface area contributed by atoms with E-state index in [1.165, 1.54) is 0 Å². The van der Waals surface area contributed by atoms with Gasteiger partial charge in [0.1, 0.15) is 37.9 Å². The molecule has 0 fully saturated rings. The number of amides is 1. The fourth-order valence-corrected chi connectivity index (χ4v) is 4.28. The van der Waals surface area contributed by atoms with Gasteiger partial charge in [0.2, 0.25) is 5.91 Å². The average molecular weight is 466 g/mol. The first-order valence-electron chi connectivity index (χ1n) is 11.5. The van der Waals surface area contributed by atoms with Crippen molar-refractivity contribution in [3.63, 3.8) is 0 Å². The van der Waals surface area contributed by atoms with Crippen LogP contribution in [0.2, 0.25) is 0 Å². The molecule has 1 amide bonds. The fraction of sp³-hybridized carbons (Fsp3) is 0.143. The van der Waals surface area contributed by atoms with Crippen LogP contribution in [-0.4, -0.2) is 28.7 Å². The predicted molar refractivity (Wildman–Crippen MR) is 134 cm³/mol. The summed E-state index contributed by atoms with van der Waals surface area (Å²) in [6, 6.07) is 27.3. The zero-order valence-electron chi connectivity index (χ0n) is 18.9. The number of nitrogens with zero attached hydrogens (tertiary/aromatic N) is 2. The molecule has 35 heavy (non-hydrogen) atoms. The molecule has 0 unspecified atom stereocenters. The van der Waals surface area contributed by atoms with Gasteiger partial charge in [-0.25, -0.2) is 4.98 Å². The third kappa shape index (κ3) is 4.36. The number of rotatable bonds is 6. The molecule has 0 atom stereocenters. The van der Waals surface area contributed by atoms with Gasteiger partial charge in [0.15, 0.2) is 11.5 Å². The van der Waals surface area contributed by atoms with Gasteiger partial charge in [-0.15, -0.1) is 0 Å². The van der Waals surface area contributed by atoms with Gasteiger partial charge >= 0.3 is 0 Å². The number of benzene rings is 4. The molecule has 0 bridgehead atoms. The van der Waals surface area contributed by atoms with E-state index in [2.05, 4.69) is 17.4 Å². The summed E-state index contributed by atoms with van der Waals surface area (Å²) in [6.07, 6.45) is 0. The van der Waals surface area contributed by atoms with E-state index < -0.39 is 0 Å². The van der Waals surface area contributed by atoms with E-state index in [1.807, 2.05) is 59.2 Å². The Labute approximate surface area is 201 Å². The first-order chi connectivity index (χ1) is 17.2. The molecular weight excluding hydrogens is 442 g/mol. The van der Waals surface area contributed by atoms with E-state index in [9.17, 15) is 4.79 Å². The molecule has 174 valence electrons. The molecule has 7 nitrogen and oxygen atoms in total. The molecule has 0 spiro atoms. The van der Waals surface area contributed by atoms with E-state index in [0.29, 0.717) is 36.2 Å². The second-order valence-electron chi connectivity index (χ2n) is 8.31. The fourth-order valence-electron chi connectivity index (χ4n) is 4.28. The topological polar surface area (TPSA) is 74.6 Å². The molecule has 0 saturated heterocycles. The summed E-state index contributed by atoms with van der Waals surface area (Å²) in [7, 11) is 0. The number of carbonyl (C=O) groups excluding carboxylic acids is 1. The van der Waals surface area contributed by atoms with E-state index in [0.717, 1.165) is 27.6 Å². The molecular formula is C28H23N3O4. The lowest BCUT2D eigenvalue weighted by Crippen LogP contribution is -2.21. The van der Waals surface area contributed by atoms with Gasteiger partial charge in [-0.1, -0.05) is 42.5 Å². The smallest absolute Gasteiger partial charge is 0.244 e. The molecule has 5 aromatic rings. The molecule has 0 radical (unpaired) electrons. The van der Waals surface area contributed by atoms with Crippen LogP contribution < -0.4 is 19.5 Å². The van der Waals surface area contributed by atoms with Crippen LogP contribution >= 0.6 is 0 Å². The van der Waals surface area contributed by atoms with Crippen molar-refractivity contribution in [1.29, 1.82) is 0 Å². The Morgan fingerprint density at radius 1 is 0.886 bits per heavy atom. The standard InChI is InChI=1S/C28H23N3O4/c32-28(29-21-10-12-25-26(16-21)34-14-13-33-25)17-31-24-8-4-3-7-23(24)30-27(31)18-35-22-11-9-19-5-1-2-6-20(19)15-22/h1-12,15-16H,13-14,17-18H2,(H,29,32). The summed E-state index contributed by atoms with van der Waals surface area (Å²) in [5, 5.41) is 5.22. The van der Waals surface area contributed by atoms with Crippen LogP contribution in [0.5, 0.6) is 17.2 Å². The number of anilines is 1. The lowest BCUT2D eigenvalue weighted by molar-refractivity contribution is -0.116. The largest absolute Gasteiger partial charge is 0.486 e. The Hall–Kier alpha value is -4.52. The number of fused-ring (bicyclic) bond motifs is 3. The first kappa shape index (κ1) is 21.0. The summed E-state index contributed by atoms with van der Waals surface area (Å²) in [4.78, 5) is 17.7. The van der Waals surface area contributed by atoms with Crippen LogP contribution in [0.25, 0.3) is 21.8 Å². The van der Waals surface area contributed by atoms with E-state index >= 15 is 0 Å². The van der Waals surface area contributed by atoms with Crippen molar-refractivity contribution in [2.75, 3.05) is 18.5 Å². The van der Waals surface area contributed by atoms with Crippen molar-refractivity contribution in [2.45, 2.75) is 13.2 Å². The summed E-state index contributed by atoms with van der Waals surface area (Å²) < 4.78 is 19.2. The minimum Gasteiger partial charge on any atom is -0.486 e. The third-order valence-corrected chi connectivity index (χ3v) is 5.95. The first-order valence-corrected chi connectivity index (χ1v) is 11.5. The summed E-state index contributed by atoms with van der Waals surface area (Å²) >= 11 is 0. The van der Waals surface area contributed by atoms with Crippen LogP contribution in [0.1, 0.15) is 5.82 Å². The monoisotopic (exact) mass is 465 g/mol. The Balaban J connectivity index is 1.22. The highest BCUT2D eigenvalue weighted by Crippen LogP contribution is 2.32. The molecule has 1 N–H and O–H groups in total. The number of aromatic nitrogens is 2. The second-order valence-corrected chi connectivity index (χ2v) is 8.31. The molecule has 2 heterocycles. The van der Waals surface area contributed by atoms with Crippen molar-refractivity contribution in [3.8, 4) is 17.2 Å². The van der Waals surface area contributed by atoms with E-state index in [4.69, 9.17) is 19.2 Å². The van der Waals surface area contributed by atoms with Crippen molar-refractivity contribution in [2.24, 2.45) is 0 Å². The number of carbonyl (C=O) groups is 1. The minimum atomic E-state index is -0.170. The minimum absolute atomic E-state index is 0.103. The van der Waals surface area contributed by atoms with Crippen molar-refractivity contribution in [1.82, 2.24) is 9.55 Å². The van der Waals surface area contributed by atoms with Crippen LogP contribution in [0.3, 0.4) is 0 Å². The predicted octanol–water partition coefficient (Wildman–Crippen LogP) is 5.18. The van der Waals surface area contributed by atoms with Gasteiger partial charge in [-0.2, -0.15) is 0 Å². The average Bonchev–Trinajstić information content (AvgIpc) is 3.24. The molecule has 6 rings (SSSR count). The van der Waals surface area contributed by atoms with E-state index in [1.54, 1.807) is 18.2 Å². The SMILES string of the molecule is O=C(Cn1c(COc2ccc3ccccc3c2)nc2ccccc21)Nc1ccc2c(c1)OCCO2. The Kier molecular flexibility index (Phi) is 5.42. The highest BCUT2D eigenvalue weighted by molar-refractivity contribution is 5.92. The quantitative estimate of drug-likeness (QED) is 0.374. The molecule has 1 aliphatic heterocycles. The normalized spacial score (nSPS) is 12.6.